The lowest BCUT2D eigenvalue weighted by Gasteiger charge is -2.07. The quantitative estimate of drug-likeness (QED) is 0.933. The number of alkyl halides is 3. The molecule has 6 heteroatoms. The number of aryl methyl sites for hydroxylation is 1. The lowest BCUT2D eigenvalue weighted by atomic mass is 10.2. The smallest absolute Gasteiger partial charge is 0.330 e. The SMILES string of the molecule is CC(C)CNCc1nc2cc(C(F)(F)F)ccc2n1C. The van der Waals surface area contributed by atoms with Crippen LogP contribution in [-0.4, -0.2) is 16.1 Å². The third-order valence-electron chi connectivity index (χ3n) is 3.14. The molecule has 0 saturated heterocycles. The Balaban J connectivity index is 2.28. The van der Waals surface area contributed by atoms with Gasteiger partial charge < -0.3 is 9.88 Å². The van der Waals surface area contributed by atoms with Gasteiger partial charge in [-0.05, 0) is 30.7 Å². The first-order chi connectivity index (χ1) is 9.29. The number of nitrogens with one attached hydrogen (secondary N) is 1. The zero-order valence-electron chi connectivity index (χ0n) is 11.8. The fraction of sp³-hybridized carbons (Fsp3) is 0.500. The summed E-state index contributed by atoms with van der Waals surface area (Å²) in [6.07, 6.45) is -4.33. The van der Waals surface area contributed by atoms with Crippen LogP contribution < -0.4 is 5.32 Å². The Kier molecular flexibility index (Phi) is 4.04. The molecular weight excluding hydrogens is 267 g/mol. The monoisotopic (exact) mass is 285 g/mol. The van der Waals surface area contributed by atoms with E-state index in [0.717, 1.165) is 24.5 Å². The van der Waals surface area contributed by atoms with Crippen molar-refractivity contribution in [2.24, 2.45) is 13.0 Å². The summed E-state index contributed by atoms with van der Waals surface area (Å²) >= 11 is 0. The third kappa shape index (κ3) is 3.12. The normalized spacial score (nSPS) is 12.6. The Morgan fingerprint density at radius 3 is 2.60 bits per heavy atom. The van der Waals surface area contributed by atoms with Gasteiger partial charge in [-0.25, -0.2) is 4.98 Å². The van der Waals surface area contributed by atoms with Crippen LogP contribution in [0.4, 0.5) is 13.2 Å². The number of halogens is 3. The zero-order chi connectivity index (χ0) is 14.9. The summed E-state index contributed by atoms with van der Waals surface area (Å²) in [5.74, 6) is 1.25. The summed E-state index contributed by atoms with van der Waals surface area (Å²) in [5, 5.41) is 3.24. The highest BCUT2D eigenvalue weighted by Crippen LogP contribution is 2.31. The molecule has 1 aromatic heterocycles. The molecule has 20 heavy (non-hydrogen) atoms. The Morgan fingerprint density at radius 1 is 1.30 bits per heavy atom. The number of aromatic nitrogens is 2. The van der Waals surface area contributed by atoms with E-state index in [1.165, 1.54) is 6.07 Å². The number of nitrogens with zero attached hydrogens (tertiary/aromatic N) is 2. The standard InChI is InChI=1S/C14H18F3N3/c1-9(2)7-18-8-13-19-11-6-10(14(15,16)17)4-5-12(11)20(13)3/h4-6,9,18H,7-8H2,1-3H3. The molecule has 3 nitrogen and oxygen atoms in total. The molecule has 1 heterocycles. The predicted molar refractivity (Wildman–Crippen MR) is 72.3 cm³/mol. The van der Waals surface area contributed by atoms with Gasteiger partial charge in [0.15, 0.2) is 0 Å². The summed E-state index contributed by atoms with van der Waals surface area (Å²) in [4.78, 5) is 4.28. The summed E-state index contributed by atoms with van der Waals surface area (Å²) < 4.78 is 39.8. The summed E-state index contributed by atoms with van der Waals surface area (Å²) in [6, 6.07) is 3.66. The molecule has 1 N–H and O–H groups in total. The Hall–Kier alpha value is -1.56. The van der Waals surface area contributed by atoms with E-state index in [4.69, 9.17) is 0 Å². The van der Waals surface area contributed by atoms with E-state index < -0.39 is 11.7 Å². The van der Waals surface area contributed by atoms with Crippen molar-refractivity contribution in [2.75, 3.05) is 6.54 Å². The Labute approximate surface area is 115 Å². The minimum absolute atomic E-state index is 0.378. The molecule has 0 atom stereocenters. The van der Waals surface area contributed by atoms with Gasteiger partial charge in [0.2, 0.25) is 0 Å². The average Bonchev–Trinajstić information content (AvgIpc) is 2.65. The molecular formula is C14H18F3N3. The average molecular weight is 285 g/mol. The van der Waals surface area contributed by atoms with Gasteiger partial charge in [-0.1, -0.05) is 13.8 Å². The molecule has 0 fully saturated rings. The van der Waals surface area contributed by atoms with E-state index in [1.54, 1.807) is 0 Å². The fourth-order valence-electron chi connectivity index (χ4n) is 2.06. The second-order valence-corrected chi connectivity index (χ2v) is 5.31. The van der Waals surface area contributed by atoms with Gasteiger partial charge in [-0.15, -0.1) is 0 Å². The van der Waals surface area contributed by atoms with Crippen molar-refractivity contribution < 1.29 is 13.2 Å². The number of hydrogen-bond acceptors (Lipinski definition) is 2. The van der Waals surface area contributed by atoms with Crippen LogP contribution in [0.5, 0.6) is 0 Å². The minimum atomic E-state index is -4.33. The van der Waals surface area contributed by atoms with Crippen LogP contribution in [0.2, 0.25) is 0 Å². The highest BCUT2D eigenvalue weighted by atomic mass is 19.4. The molecule has 0 spiro atoms. The molecule has 0 aliphatic carbocycles. The first kappa shape index (κ1) is 14.8. The van der Waals surface area contributed by atoms with Crippen LogP contribution in [0, 0.1) is 5.92 Å². The van der Waals surface area contributed by atoms with Crippen LogP contribution >= 0.6 is 0 Å². The van der Waals surface area contributed by atoms with E-state index in [9.17, 15) is 13.2 Å². The molecule has 0 aliphatic heterocycles. The second kappa shape index (κ2) is 5.44. The van der Waals surface area contributed by atoms with Gasteiger partial charge in [0.25, 0.3) is 0 Å². The lowest BCUT2D eigenvalue weighted by Crippen LogP contribution is -2.20. The van der Waals surface area contributed by atoms with Crippen LogP contribution in [0.15, 0.2) is 18.2 Å². The molecule has 0 bridgehead atoms. The van der Waals surface area contributed by atoms with Crippen molar-refractivity contribution in [1.82, 2.24) is 14.9 Å². The second-order valence-electron chi connectivity index (χ2n) is 5.31. The van der Waals surface area contributed by atoms with Gasteiger partial charge in [0.05, 0.1) is 23.1 Å². The van der Waals surface area contributed by atoms with Crippen molar-refractivity contribution in [3.05, 3.63) is 29.6 Å². The van der Waals surface area contributed by atoms with E-state index in [0.29, 0.717) is 23.5 Å². The summed E-state index contributed by atoms with van der Waals surface area (Å²) in [7, 11) is 1.81. The maximum absolute atomic E-state index is 12.7. The van der Waals surface area contributed by atoms with Gasteiger partial charge >= 0.3 is 6.18 Å². The first-order valence-corrected chi connectivity index (χ1v) is 6.52. The number of imidazole rings is 1. The predicted octanol–water partition coefficient (Wildman–Crippen LogP) is 3.34. The lowest BCUT2D eigenvalue weighted by molar-refractivity contribution is -0.137. The van der Waals surface area contributed by atoms with E-state index in [2.05, 4.69) is 24.1 Å². The van der Waals surface area contributed by atoms with E-state index >= 15 is 0 Å². The molecule has 0 saturated carbocycles. The van der Waals surface area contributed by atoms with E-state index in [-0.39, 0.29) is 0 Å². The van der Waals surface area contributed by atoms with Crippen molar-refractivity contribution in [2.45, 2.75) is 26.6 Å². The molecule has 0 aliphatic rings. The summed E-state index contributed by atoms with van der Waals surface area (Å²) in [5.41, 5.74) is 0.424. The highest BCUT2D eigenvalue weighted by Gasteiger charge is 2.30. The number of benzene rings is 1. The topological polar surface area (TPSA) is 29.9 Å². The largest absolute Gasteiger partial charge is 0.416 e. The highest BCUT2D eigenvalue weighted by molar-refractivity contribution is 5.77. The number of hydrogen-bond donors (Lipinski definition) is 1. The van der Waals surface area contributed by atoms with Gasteiger partial charge in [0, 0.05) is 7.05 Å². The van der Waals surface area contributed by atoms with Gasteiger partial charge in [0.1, 0.15) is 5.82 Å². The fourth-order valence-corrected chi connectivity index (χ4v) is 2.06. The summed E-state index contributed by atoms with van der Waals surface area (Å²) in [6.45, 7) is 5.58. The first-order valence-electron chi connectivity index (χ1n) is 6.52. The third-order valence-corrected chi connectivity index (χ3v) is 3.14. The van der Waals surface area contributed by atoms with Crippen molar-refractivity contribution in [1.29, 1.82) is 0 Å². The maximum Gasteiger partial charge on any atom is 0.416 e. The minimum Gasteiger partial charge on any atom is -0.330 e. The van der Waals surface area contributed by atoms with Crippen LogP contribution in [0.3, 0.4) is 0 Å². The van der Waals surface area contributed by atoms with Crippen LogP contribution in [-0.2, 0) is 19.8 Å². The molecule has 0 unspecified atom stereocenters. The van der Waals surface area contributed by atoms with Gasteiger partial charge in [-0.3, -0.25) is 0 Å². The molecule has 110 valence electrons. The van der Waals surface area contributed by atoms with Crippen molar-refractivity contribution in [3.63, 3.8) is 0 Å². The number of fused-ring (bicyclic) bond motifs is 1. The van der Waals surface area contributed by atoms with Crippen molar-refractivity contribution in [3.8, 4) is 0 Å². The zero-order valence-corrected chi connectivity index (χ0v) is 11.8. The van der Waals surface area contributed by atoms with Crippen LogP contribution in [0.25, 0.3) is 11.0 Å². The Bertz CT molecular complexity index is 599. The molecule has 0 amide bonds. The molecule has 2 aromatic rings. The Morgan fingerprint density at radius 2 is 2.00 bits per heavy atom. The number of rotatable bonds is 4. The van der Waals surface area contributed by atoms with Crippen molar-refractivity contribution >= 4 is 11.0 Å². The van der Waals surface area contributed by atoms with Crippen LogP contribution in [0.1, 0.15) is 25.2 Å². The molecule has 2 rings (SSSR count). The van der Waals surface area contributed by atoms with Gasteiger partial charge in [-0.2, -0.15) is 13.2 Å². The van der Waals surface area contributed by atoms with E-state index in [1.807, 2.05) is 11.6 Å². The molecule has 1 aromatic carbocycles. The molecule has 0 radical (unpaired) electrons. The maximum atomic E-state index is 12.7.